The van der Waals surface area contributed by atoms with Gasteiger partial charge in [-0.2, -0.15) is 0 Å². The first-order chi connectivity index (χ1) is 9.63. The number of ether oxygens (including phenoxy) is 1. The number of benzene rings is 2. The Bertz CT molecular complexity index is 630. The van der Waals surface area contributed by atoms with Crippen molar-refractivity contribution in [3.63, 3.8) is 0 Å². The molecule has 0 heterocycles. The van der Waals surface area contributed by atoms with Gasteiger partial charge in [0.05, 0.1) is 13.5 Å². The fourth-order valence-corrected chi connectivity index (χ4v) is 2.09. The van der Waals surface area contributed by atoms with Crippen LogP contribution < -0.4 is 0 Å². The van der Waals surface area contributed by atoms with Crippen LogP contribution in [0.25, 0.3) is 0 Å². The van der Waals surface area contributed by atoms with Crippen molar-refractivity contribution in [2.45, 2.75) is 13.3 Å². The zero-order valence-electron chi connectivity index (χ0n) is 11.6. The average molecular weight is 268 g/mol. The summed E-state index contributed by atoms with van der Waals surface area (Å²) in [5.41, 5.74) is 2.91. The van der Waals surface area contributed by atoms with E-state index in [1.807, 2.05) is 31.2 Å². The molecule has 0 radical (unpaired) electrons. The van der Waals surface area contributed by atoms with Gasteiger partial charge in [0.2, 0.25) is 0 Å². The summed E-state index contributed by atoms with van der Waals surface area (Å²) in [5.74, 6) is -0.341. The molecule has 0 spiro atoms. The molecular formula is C17H16O3. The lowest BCUT2D eigenvalue weighted by atomic mass is 9.94. The summed E-state index contributed by atoms with van der Waals surface area (Å²) < 4.78 is 4.67. The highest BCUT2D eigenvalue weighted by atomic mass is 16.5. The molecule has 0 unspecified atom stereocenters. The molecule has 3 nitrogen and oxygen atoms in total. The number of hydrogen-bond acceptors (Lipinski definition) is 3. The molecule has 2 rings (SSSR count). The van der Waals surface area contributed by atoms with Crippen molar-refractivity contribution in [3.05, 3.63) is 70.8 Å². The molecule has 2 aromatic rings. The Kier molecular flexibility index (Phi) is 4.31. The van der Waals surface area contributed by atoms with Crippen molar-refractivity contribution in [2.75, 3.05) is 7.11 Å². The van der Waals surface area contributed by atoms with Gasteiger partial charge in [-0.15, -0.1) is 0 Å². The van der Waals surface area contributed by atoms with Crippen molar-refractivity contribution in [1.82, 2.24) is 0 Å². The maximum atomic E-state index is 12.5. The van der Waals surface area contributed by atoms with Crippen LogP contribution in [-0.4, -0.2) is 18.9 Å². The molecular weight excluding hydrogens is 252 g/mol. The van der Waals surface area contributed by atoms with Crippen LogP contribution in [-0.2, 0) is 16.0 Å². The Morgan fingerprint density at radius 3 is 2.35 bits per heavy atom. The summed E-state index contributed by atoms with van der Waals surface area (Å²) in [4.78, 5) is 23.8. The van der Waals surface area contributed by atoms with E-state index < -0.39 is 0 Å². The molecule has 0 amide bonds. The Hall–Kier alpha value is -2.42. The molecule has 0 aliphatic rings. The molecule has 0 aromatic heterocycles. The minimum Gasteiger partial charge on any atom is -0.469 e. The maximum absolute atomic E-state index is 12.5. The van der Waals surface area contributed by atoms with Crippen molar-refractivity contribution in [3.8, 4) is 0 Å². The van der Waals surface area contributed by atoms with Crippen LogP contribution in [0.5, 0.6) is 0 Å². The van der Waals surface area contributed by atoms with Crippen LogP contribution in [0.2, 0.25) is 0 Å². The highest BCUT2D eigenvalue weighted by Gasteiger charge is 2.15. The van der Waals surface area contributed by atoms with Crippen LogP contribution in [0.15, 0.2) is 48.5 Å². The number of esters is 1. The van der Waals surface area contributed by atoms with Gasteiger partial charge in [-0.1, -0.05) is 48.5 Å². The third kappa shape index (κ3) is 2.94. The standard InChI is InChI=1S/C17H16O3/c1-12-14(11-16(18)20-2)9-6-10-15(12)17(19)13-7-4-3-5-8-13/h3-10H,11H2,1-2H3. The summed E-state index contributed by atoms with van der Waals surface area (Å²) >= 11 is 0. The van der Waals surface area contributed by atoms with E-state index in [1.54, 1.807) is 24.3 Å². The van der Waals surface area contributed by atoms with E-state index in [-0.39, 0.29) is 18.2 Å². The molecule has 0 atom stereocenters. The maximum Gasteiger partial charge on any atom is 0.309 e. The highest BCUT2D eigenvalue weighted by molar-refractivity contribution is 6.10. The SMILES string of the molecule is COC(=O)Cc1cccc(C(=O)c2ccccc2)c1C. The number of methoxy groups -OCH3 is 1. The molecule has 3 heteroatoms. The van der Waals surface area contributed by atoms with Crippen LogP contribution in [0, 0.1) is 6.92 Å². The third-order valence-electron chi connectivity index (χ3n) is 3.29. The van der Waals surface area contributed by atoms with Crippen molar-refractivity contribution >= 4 is 11.8 Å². The topological polar surface area (TPSA) is 43.4 Å². The fourth-order valence-electron chi connectivity index (χ4n) is 2.09. The van der Waals surface area contributed by atoms with Gasteiger partial charge in [-0.25, -0.2) is 0 Å². The Morgan fingerprint density at radius 1 is 1.00 bits per heavy atom. The number of carbonyl (C=O) groups excluding carboxylic acids is 2. The van der Waals surface area contributed by atoms with Gasteiger partial charge in [-0.3, -0.25) is 9.59 Å². The average Bonchev–Trinajstić information content (AvgIpc) is 2.49. The summed E-state index contributed by atoms with van der Waals surface area (Å²) in [6.07, 6.45) is 0.179. The second-order valence-corrected chi connectivity index (χ2v) is 4.54. The number of hydrogen-bond donors (Lipinski definition) is 0. The molecule has 102 valence electrons. The van der Waals surface area contributed by atoms with Crippen LogP contribution in [0.1, 0.15) is 27.0 Å². The molecule has 0 fully saturated rings. The molecule has 0 bridgehead atoms. The lowest BCUT2D eigenvalue weighted by molar-refractivity contribution is -0.139. The molecule has 20 heavy (non-hydrogen) atoms. The van der Waals surface area contributed by atoms with Gasteiger partial charge in [0.15, 0.2) is 5.78 Å². The van der Waals surface area contributed by atoms with Crippen molar-refractivity contribution in [1.29, 1.82) is 0 Å². The Morgan fingerprint density at radius 2 is 1.70 bits per heavy atom. The summed E-state index contributed by atoms with van der Waals surface area (Å²) in [6, 6.07) is 14.5. The predicted octanol–water partition coefficient (Wildman–Crippen LogP) is 2.94. The van der Waals surface area contributed by atoms with Gasteiger partial charge >= 0.3 is 5.97 Å². The first-order valence-electron chi connectivity index (χ1n) is 6.38. The lowest BCUT2D eigenvalue weighted by Crippen LogP contribution is -2.09. The van der Waals surface area contributed by atoms with E-state index in [0.29, 0.717) is 11.1 Å². The monoisotopic (exact) mass is 268 g/mol. The second kappa shape index (κ2) is 6.15. The lowest BCUT2D eigenvalue weighted by Gasteiger charge is -2.10. The molecule has 0 saturated carbocycles. The zero-order chi connectivity index (χ0) is 14.5. The largest absolute Gasteiger partial charge is 0.469 e. The summed E-state index contributed by atoms with van der Waals surface area (Å²) in [5, 5.41) is 0. The van der Waals surface area contributed by atoms with Crippen LogP contribution >= 0.6 is 0 Å². The van der Waals surface area contributed by atoms with Gasteiger partial charge in [0, 0.05) is 11.1 Å². The third-order valence-corrected chi connectivity index (χ3v) is 3.29. The molecule has 0 aliphatic heterocycles. The molecule has 0 saturated heterocycles. The van der Waals surface area contributed by atoms with E-state index in [9.17, 15) is 9.59 Å². The van der Waals surface area contributed by atoms with Gasteiger partial charge in [0.25, 0.3) is 0 Å². The molecule has 2 aromatic carbocycles. The van der Waals surface area contributed by atoms with Gasteiger partial charge < -0.3 is 4.74 Å². The summed E-state index contributed by atoms with van der Waals surface area (Å²) in [6.45, 7) is 1.86. The van der Waals surface area contributed by atoms with Gasteiger partial charge in [0.1, 0.15) is 0 Å². The second-order valence-electron chi connectivity index (χ2n) is 4.54. The molecule has 0 aliphatic carbocycles. The number of carbonyl (C=O) groups is 2. The first kappa shape index (κ1) is 14.0. The Balaban J connectivity index is 2.36. The number of rotatable bonds is 4. The number of ketones is 1. The van der Waals surface area contributed by atoms with E-state index in [4.69, 9.17) is 0 Å². The predicted molar refractivity (Wildman–Crippen MR) is 76.8 cm³/mol. The van der Waals surface area contributed by atoms with E-state index >= 15 is 0 Å². The highest BCUT2D eigenvalue weighted by Crippen LogP contribution is 2.18. The minimum atomic E-state index is -0.308. The summed E-state index contributed by atoms with van der Waals surface area (Å²) in [7, 11) is 1.36. The van der Waals surface area contributed by atoms with Crippen molar-refractivity contribution < 1.29 is 14.3 Å². The quantitative estimate of drug-likeness (QED) is 0.632. The smallest absolute Gasteiger partial charge is 0.309 e. The minimum absolute atomic E-state index is 0.0326. The van der Waals surface area contributed by atoms with E-state index in [0.717, 1.165) is 11.1 Å². The first-order valence-corrected chi connectivity index (χ1v) is 6.38. The zero-order valence-corrected chi connectivity index (χ0v) is 11.6. The van der Waals surface area contributed by atoms with Crippen LogP contribution in [0.3, 0.4) is 0 Å². The molecule has 0 N–H and O–H groups in total. The van der Waals surface area contributed by atoms with E-state index in [2.05, 4.69) is 4.74 Å². The Labute approximate surface area is 118 Å². The fraction of sp³-hybridized carbons (Fsp3) is 0.176. The van der Waals surface area contributed by atoms with Gasteiger partial charge in [-0.05, 0) is 18.1 Å². The van der Waals surface area contributed by atoms with Crippen molar-refractivity contribution in [2.24, 2.45) is 0 Å². The van der Waals surface area contributed by atoms with E-state index in [1.165, 1.54) is 7.11 Å². The van der Waals surface area contributed by atoms with Crippen LogP contribution in [0.4, 0.5) is 0 Å². The normalized spacial score (nSPS) is 10.1.